The van der Waals surface area contributed by atoms with Crippen molar-refractivity contribution in [1.82, 2.24) is 5.32 Å². The van der Waals surface area contributed by atoms with Crippen LogP contribution in [0.3, 0.4) is 0 Å². The predicted octanol–water partition coefficient (Wildman–Crippen LogP) is 2.81. The molecule has 4 rings (SSSR count). The van der Waals surface area contributed by atoms with Crippen LogP contribution in [-0.2, 0) is 16.6 Å². The van der Waals surface area contributed by atoms with E-state index >= 15 is 0 Å². The number of benzene rings is 2. The SMILES string of the molecule is COc1cc(C2(C(=O)N[C@H]3c4ccccc4C[C@H]3O)CC2)ccc1C. The fourth-order valence-electron chi connectivity index (χ4n) is 3.92. The highest BCUT2D eigenvalue weighted by Gasteiger charge is 2.52. The molecule has 0 aromatic heterocycles. The number of amides is 1. The maximum atomic E-state index is 13.1. The fraction of sp³-hybridized carbons (Fsp3) is 0.381. The van der Waals surface area contributed by atoms with Crippen molar-refractivity contribution in [2.24, 2.45) is 0 Å². The first-order valence-electron chi connectivity index (χ1n) is 8.77. The number of nitrogens with one attached hydrogen (secondary N) is 1. The summed E-state index contributed by atoms with van der Waals surface area (Å²) in [6, 6.07) is 13.6. The van der Waals surface area contributed by atoms with Crippen molar-refractivity contribution < 1.29 is 14.6 Å². The molecule has 0 radical (unpaired) electrons. The topological polar surface area (TPSA) is 58.6 Å². The lowest BCUT2D eigenvalue weighted by Crippen LogP contribution is -2.40. The monoisotopic (exact) mass is 337 g/mol. The molecule has 0 aliphatic heterocycles. The van der Waals surface area contributed by atoms with Gasteiger partial charge in [-0.3, -0.25) is 4.79 Å². The molecular formula is C21H23NO3. The van der Waals surface area contributed by atoms with Crippen LogP contribution in [0, 0.1) is 6.92 Å². The Bertz CT molecular complexity index is 826. The third-order valence-corrected chi connectivity index (χ3v) is 5.64. The van der Waals surface area contributed by atoms with Crippen LogP contribution in [-0.4, -0.2) is 24.2 Å². The van der Waals surface area contributed by atoms with E-state index in [1.54, 1.807) is 7.11 Å². The van der Waals surface area contributed by atoms with E-state index in [0.29, 0.717) is 6.42 Å². The van der Waals surface area contributed by atoms with Crippen molar-refractivity contribution in [3.63, 3.8) is 0 Å². The summed E-state index contributed by atoms with van der Waals surface area (Å²) < 4.78 is 5.41. The van der Waals surface area contributed by atoms with Gasteiger partial charge >= 0.3 is 0 Å². The Hall–Kier alpha value is -2.33. The number of hydrogen-bond acceptors (Lipinski definition) is 3. The van der Waals surface area contributed by atoms with Gasteiger partial charge in [-0.25, -0.2) is 0 Å². The number of fused-ring (bicyclic) bond motifs is 1. The second-order valence-electron chi connectivity index (χ2n) is 7.19. The molecule has 4 nitrogen and oxygen atoms in total. The van der Waals surface area contributed by atoms with Crippen LogP contribution in [0.1, 0.15) is 41.1 Å². The zero-order valence-electron chi connectivity index (χ0n) is 14.6. The van der Waals surface area contributed by atoms with Crippen molar-refractivity contribution in [2.75, 3.05) is 7.11 Å². The lowest BCUT2D eigenvalue weighted by atomic mass is 9.93. The van der Waals surface area contributed by atoms with Crippen LogP contribution in [0.5, 0.6) is 5.75 Å². The summed E-state index contributed by atoms with van der Waals surface area (Å²) in [7, 11) is 1.65. The lowest BCUT2D eigenvalue weighted by molar-refractivity contribution is -0.125. The first-order chi connectivity index (χ1) is 12.0. The molecule has 4 heteroatoms. The van der Waals surface area contributed by atoms with Gasteiger partial charge in [-0.15, -0.1) is 0 Å². The number of carbonyl (C=O) groups is 1. The first kappa shape index (κ1) is 16.2. The summed E-state index contributed by atoms with van der Waals surface area (Å²) >= 11 is 0. The van der Waals surface area contributed by atoms with Gasteiger partial charge in [0.05, 0.1) is 24.7 Å². The van der Waals surface area contributed by atoms with E-state index in [1.807, 2.05) is 49.4 Å². The summed E-state index contributed by atoms with van der Waals surface area (Å²) in [6.45, 7) is 1.99. The molecule has 25 heavy (non-hydrogen) atoms. The van der Waals surface area contributed by atoms with E-state index in [1.165, 1.54) is 0 Å². The van der Waals surface area contributed by atoms with Gasteiger partial charge in [0.2, 0.25) is 5.91 Å². The van der Waals surface area contributed by atoms with E-state index in [4.69, 9.17) is 4.74 Å². The molecule has 2 atom stereocenters. The van der Waals surface area contributed by atoms with Crippen LogP contribution in [0.25, 0.3) is 0 Å². The quantitative estimate of drug-likeness (QED) is 0.902. The first-order valence-corrected chi connectivity index (χ1v) is 8.77. The number of carbonyl (C=O) groups excluding carboxylic acids is 1. The number of ether oxygens (including phenoxy) is 1. The molecule has 2 aromatic rings. The molecule has 1 fully saturated rings. The second kappa shape index (κ2) is 5.88. The van der Waals surface area contributed by atoms with Gasteiger partial charge in [0, 0.05) is 6.42 Å². The highest BCUT2D eigenvalue weighted by molar-refractivity contribution is 5.92. The second-order valence-corrected chi connectivity index (χ2v) is 7.19. The van der Waals surface area contributed by atoms with Gasteiger partial charge in [-0.1, -0.05) is 36.4 Å². The highest BCUT2D eigenvalue weighted by Crippen LogP contribution is 2.50. The zero-order valence-corrected chi connectivity index (χ0v) is 14.6. The van der Waals surface area contributed by atoms with Crippen molar-refractivity contribution in [1.29, 1.82) is 0 Å². The molecule has 2 aliphatic rings. The van der Waals surface area contributed by atoms with Gasteiger partial charge in [0.1, 0.15) is 5.75 Å². The van der Waals surface area contributed by atoms with Crippen LogP contribution in [0.4, 0.5) is 0 Å². The van der Waals surface area contributed by atoms with Gasteiger partial charge in [-0.05, 0) is 48.1 Å². The Morgan fingerprint density at radius 2 is 2.00 bits per heavy atom. The van der Waals surface area contributed by atoms with Gasteiger partial charge in [0.15, 0.2) is 0 Å². The molecule has 2 aromatic carbocycles. The average molecular weight is 337 g/mol. The van der Waals surface area contributed by atoms with Crippen molar-refractivity contribution >= 4 is 5.91 Å². The number of hydrogen-bond donors (Lipinski definition) is 2. The van der Waals surface area contributed by atoms with Crippen molar-refractivity contribution in [3.8, 4) is 5.75 Å². The minimum absolute atomic E-state index is 0.000779. The number of aliphatic hydroxyl groups is 1. The van der Waals surface area contributed by atoms with Gasteiger partial charge in [0.25, 0.3) is 0 Å². The minimum Gasteiger partial charge on any atom is -0.496 e. The molecule has 2 aliphatic carbocycles. The number of methoxy groups -OCH3 is 1. The summed E-state index contributed by atoms with van der Waals surface area (Å²) in [5, 5.41) is 13.5. The molecule has 130 valence electrons. The molecule has 0 bridgehead atoms. The Balaban J connectivity index is 1.59. The van der Waals surface area contributed by atoms with E-state index in [9.17, 15) is 9.90 Å². The molecule has 1 amide bonds. The Morgan fingerprint density at radius 3 is 2.72 bits per heavy atom. The zero-order chi connectivity index (χ0) is 17.6. The summed E-state index contributed by atoms with van der Waals surface area (Å²) in [4.78, 5) is 13.1. The highest BCUT2D eigenvalue weighted by atomic mass is 16.5. The Labute approximate surface area is 147 Å². The van der Waals surface area contributed by atoms with E-state index in [0.717, 1.165) is 40.8 Å². The van der Waals surface area contributed by atoms with Crippen LogP contribution >= 0.6 is 0 Å². The average Bonchev–Trinajstić information content (AvgIpc) is 3.37. The summed E-state index contributed by atoms with van der Waals surface area (Å²) in [6.07, 6.45) is 1.68. The minimum atomic E-state index is -0.565. The molecule has 0 unspecified atom stereocenters. The van der Waals surface area contributed by atoms with E-state index in [2.05, 4.69) is 5.32 Å². The van der Waals surface area contributed by atoms with Crippen LogP contribution in [0.15, 0.2) is 42.5 Å². The fourth-order valence-corrected chi connectivity index (χ4v) is 3.92. The molecule has 0 spiro atoms. The maximum Gasteiger partial charge on any atom is 0.231 e. The van der Waals surface area contributed by atoms with Gasteiger partial charge in [-0.2, -0.15) is 0 Å². The molecule has 2 N–H and O–H groups in total. The predicted molar refractivity (Wildman–Crippen MR) is 95.7 cm³/mol. The molecular weight excluding hydrogens is 314 g/mol. The van der Waals surface area contributed by atoms with Crippen molar-refractivity contribution in [3.05, 3.63) is 64.7 Å². The number of aryl methyl sites for hydroxylation is 1. The number of rotatable bonds is 4. The third kappa shape index (κ3) is 2.61. The summed E-state index contributed by atoms with van der Waals surface area (Å²) in [5.41, 5.74) is 3.71. The van der Waals surface area contributed by atoms with E-state index in [-0.39, 0.29) is 11.9 Å². The van der Waals surface area contributed by atoms with Gasteiger partial charge < -0.3 is 15.2 Å². The van der Waals surface area contributed by atoms with E-state index < -0.39 is 11.5 Å². The Morgan fingerprint density at radius 1 is 1.24 bits per heavy atom. The molecule has 0 saturated heterocycles. The molecule has 0 heterocycles. The standard InChI is InChI=1S/C21H23NO3/c1-13-7-8-15(12-18(13)25-2)21(9-10-21)20(24)22-19-16-6-4-3-5-14(16)11-17(19)23/h3-8,12,17,19,23H,9-11H2,1-2H3,(H,22,24)/t17-,19+/m1/s1. The summed E-state index contributed by atoms with van der Waals surface area (Å²) in [5.74, 6) is 0.807. The normalized spacial score (nSPS) is 23.0. The largest absolute Gasteiger partial charge is 0.496 e. The van der Waals surface area contributed by atoms with Crippen LogP contribution in [0.2, 0.25) is 0 Å². The van der Waals surface area contributed by atoms with Crippen molar-refractivity contribution in [2.45, 2.75) is 43.7 Å². The Kier molecular flexibility index (Phi) is 3.80. The lowest BCUT2D eigenvalue weighted by Gasteiger charge is -2.23. The smallest absolute Gasteiger partial charge is 0.231 e. The van der Waals surface area contributed by atoms with Crippen LogP contribution < -0.4 is 10.1 Å². The number of aliphatic hydroxyl groups excluding tert-OH is 1. The third-order valence-electron chi connectivity index (χ3n) is 5.64. The maximum absolute atomic E-state index is 13.1. The molecule has 1 saturated carbocycles.